The minimum Gasteiger partial charge on any atom is -0.383 e. The smallest absolute Gasteiger partial charge is 0.161 e. The first-order chi connectivity index (χ1) is 7.31. The van der Waals surface area contributed by atoms with Gasteiger partial charge in [0.15, 0.2) is 5.82 Å². The minimum absolute atomic E-state index is 0.350. The van der Waals surface area contributed by atoms with Gasteiger partial charge in [0.25, 0.3) is 0 Å². The molecule has 0 aliphatic heterocycles. The van der Waals surface area contributed by atoms with Gasteiger partial charge in [-0.15, -0.1) is 0 Å². The number of rotatable bonds is 2. The zero-order valence-electron chi connectivity index (χ0n) is 8.09. The summed E-state index contributed by atoms with van der Waals surface area (Å²) in [5.41, 5.74) is 12.8. The summed E-state index contributed by atoms with van der Waals surface area (Å²) < 4.78 is 0. The lowest BCUT2D eigenvalue weighted by molar-refractivity contribution is 1.02. The molecule has 0 saturated heterocycles. The normalized spacial score (nSPS) is 10.2. The van der Waals surface area contributed by atoms with Crippen LogP contribution in [0, 0.1) is 0 Å². The van der Waals surface area contributed by atoms with Gasteiger partial charge >= 0.3 is 0 Å². The average molecular weight is 201 g/mol. The Bertz CT molecular complexity index is 455. The maximum atomic E-state index is 5.72. The number of hydrogen-bond donors (Lipinski definition) is 2. The van der Waals surface area contributed by atoms with Crippen LogP contribution in [0.1, 0.15) is 5.56 Å². The summed E-state index contributed by atoms with van der Waals surface area (Å²) in [6, 6.07) is 3.66. The van der Waals surface area contributed by atoms with E-state index in [-0.39, 0.29) is 0 Å². The maximum absolute atomic E-state index is 5.72. The van der Waals surface area contributed by atoms with Crippen LogP contribution in [0.4, 0.5) is 5.82 Å². The molecule has 0 amide bonds. The highest BCUT2D eigenvalue weighted by Gasteiger charge is 2.04. The molecule has 0 aliphatic carbocycles. The Labute approximate surface area is 87.2 Å². The number of nitrogen functional groups attached to an aromatic ring is 1. The monoisotopic (exact) mass is 201 g/mol. The number of hydrogen-bond acceptors (Lipinski definition) is 5. The molecule has 0 radical (unpaired) electrons. The van der Waals surface area contributed by atoms with Gasteiger partial charge in [-0.25, -0.2) is 9.97 Å². The first kappa shape index (κ1) is 9.54. The molecule has 0 spiro atoms. The molecule has 0 unspecified atom stereocenters. The van der Waals surface area contributed by atoms with Crippen molar-refractivity contribution in [1.82, 2.24) is 15.0 Å². The van der Waals surface area contributed by atoms with Gasteiger partial charge in [-0.2, -0.15) is 0 Å². The summed E-state index contributed by atoms with van der Waals surface area (Å²) in [4.78, 5) is 12.3. The van der Waals surface area contributed by atoms with E-state index >= 15 is 0 Å². The van der Waals surface area contributed by atoms with Crippen LogP contribution in [0.15, 0.2) is 30.7 Å². The molecule has 5 nitrogen and oxygen atoms in total. The maximum Gasteiger partial charge on any atom is 0.161 e. The second kappa shape index (κ2) is 4.02. The van der Waals surface area contributed by atoms with Gasteiger partial charge in [-0.1, -0.05) is 0 Å². The fourth-order valence-corrected chi connectivity index (χ4v) is 1.22. The zero-order valence-corrected chi connectivity index (χ0v) is 8.09. The quantitative estimate of drug-likeness (QED) is 0.741. The summed E-state index contributed by atoms with van der Waals surface area (Å²) >= 11 is 0. The van der Waals surface area contributed by atoms with E-state index in [1.54, 1.807) is 18.6 Å². The van der Waals surface area contributed by atoms with Gasteiger partial charge < -0.3 is 11.5 Å². The van der Waals surface area contributed by atoms with Crippen LogP contribution in [-0.4, -0.2) is 15.0 Å². The van der Waals surface area contributed by atoms with E-state index in [4.69, 9.17) is 11.5 Å². The predicted molar refractivity (Wildman–Crippen MR) is 57.6 cm³/mol. The van der Waals surface area contributed by atoms with Crippen molar-refractivity contribution in [3.05, 3.63) is 36.3 Å². The molecular weight excluding hydrogens is 190 g/mol. The molecule has 5 heteroatoms. The Morgan fingerprint density at radius 1 is 1.20 bits per heavy atom. The van der Waals surface area contributed by atoms with Crippen molar-refractivity contribution >= 4 is 5.82 Å². The van der Waals surface area contributed by atoms with Gasteiger partial charge in [0.1, 0.15) is 5.82 Å². The Hall–Kier alpha value is -2.01. The largest absolute Gasteiger partial charge is 0.383 e. The summed E-state index contributed by atoms with van der Waals surface area (Å²) in [6.07, 6.45) is 5.02. The highest BCUT2D eigenvalue weighted by atomic mass is 14.9. The summed E-state index contributed by atoms with van der Waals surface area (Å²) in [5.74, 6) is 1.02. The van der Waals surface area contributed by atoms with E-state index in [1.165, 1.54) is 0 Å². The molecule has 2 aromatic rings. The summed E-state index contributed by atoms with van der Waals surface area (Å²) in [6.45, 7) is 0.350. The first-order valence-corrected chi connectivity index (χ1v) is 4.53. The van der Waals surface area contributed by atoms with Crippen LogP contribution >= 0.6 is 0 Å². The fourth-order valence-electron chi connectivity index (χ4n) is 1.22. The zero-order chi connectivity index (χ0) is 10.7. The van der Waals surface area contributed by atoms with E-state index in [0.29, 0.717) is 18.2 Å². The Morgan fingerprint density at radius 3 is 2.53 bits per heavy atom. The third-order valence-corrected chi connectivity index (χ3v) is 2.06. The molecule has 4 N–H and O–H groups in total. The first-order valence-electron chi connectivity index (χ1n) is 4.53. The third-order valence-electron chi connectivity index (χ3n) is 2.06. The van der Waals surface area contributed by atoms with Gasteiger partial charge in [0.2, 0.25) is 0 Å². The van der Waals surface area contributed by atoms with Crippen LogP contribution in [0.3, 0.4) is 0 Å². The van der Waals surface area contributed by atoms with E-state index < -0.39 is 0 Å². The molecule has 0 atom stereocenters. The van der Waals surface area contributed by atoms with Crippen molar-refractivity contribution < 1.29 is 0 Å². The number of aromatic nitrogens is 3. The van der Waals surface area contributed by atoms with Crippen molar-refractivity contribution in [3.8, 4) is 11.4 Å². The topological polar surface area (TPSA) is 90.7 Å². The fraction of sp³-hybridized carbons (Fsp3) is 0.100. The number of nitrogens with two attached hydrogens (primary N) is 2. The molecule has 0 aliphatic rings. The van der Waals surface area contributed by atoms with Crippen LogP contribution in [-0.2, 0) is 6.54 Å². The molecule has 2 rings (SSSR count). The Balaban J connectivity index is 2.43. The molecule has 0 saturated carbocycles. The number of anilines is 1. The van der Waals surface area contributed by atoms with Crippen LogP contribution in [0.2, 0.25) is 0 Å². The summed E-state index contributed by atoms with van der Waals surface area (Å²) in [7, 11) is 0. The van der Waals surface area contributed by atoms with Crippen molar-refractivity contribution in [1.29, 1.82) is 0 Å². The summed E-state index contributed by atoms with van der Waals surface area (Å²) in [5, 5.41) is 0. The lowest BCUT2D eigenvalue weighted by Gasteiger charge is -2.04. The lowest BCUT2D eigenvalue weighted by Crippen LogP contribution is -2.05. The predicted octanol–water partition coefficient (Wildman–Crippen LogP) is 0.579. The van der Waals surface area contributed by atoms with Crippen LogP contribution < -0.4 is 11.5 Å². The van der Waals surface area contributed by atoms with Crippen molar-refractivity contribution in [2.45, 2.75) is 6.54 Å². The van der Waals surface area contributed by atoms with Gasteiger partial charge in [0.05, 0.1) is 0 Å². The Morgan fingerprint density at radius 2 is 1.93 bits per heavy atom. The highest BCUT2D eigenvalue weighted by molar-refractivity contribution is 5.56. The van der Waals surface area contributed by atoms with Crippen LogP contribution in [0.25, 0.3) is 11.4 Å². The second-order valence-corrected chi connectivity index (χ2v) is 3.04. The number of pyridine rings is 1. The highest BCUT2D eigenvalue weighted by Crippen LogP contribution is 2.15. The second-order valence-electron chi connectivity index (χ2n) is 3.04. The van der Waals surface area contributed by atoms with Gasteiger partial charge in [-0.05, 0) is 12.1 Å². The molecule has 0 fully saturated rings. The standard InChI is InChI=1S/C10H11N5/c11-5-8-6-14-10(15-9(8)12)7-1-3-13-4-2-7/h1-4,6H,5,11H2,(H2,12,14,15). The molecule has 2 heterocycles. The minimum atomic E-state index is 0.350. The average Bonchev–Trinajstić information content (AvgIpc) is 2.30. The Kier molecular flexibility index (Phi) is 2.55. The van der Waals surface area contributed by atoms with Crippen LogP contribution in [0.5, 0.6) is 0 Å². The van der Waals surface area contributed by atoms with E-state index in [2.05, 4.69) is 15.0 Å². The van der Waals surface area contributed by atoms with Gasteiger partial charge in [0, 0.05) is 36.3 Å². The molecule has 2 aromatic heterocycles. The van der Waals surface area contributed by atoms with Crippen molar-refractivity contribution in [2.24, 2.45) is 5.73 Å². The van der Waals surface area contributed by atoms with E-state index in [9.17, 15) is 0 Å². The molecule has 0 bridgehead atoms. The molecule has 76 valence electrons. The molecule has 15 heavy (non-hydrogen) atoms. The SMILES string of the molecule is NCc1cnc(-c2ccncc2)nc1N. The van der Waals surface area contributed by atoms with Gasteiger partial charge in [-0.3, -0.25) is 4.98 Å². The van der Waals surface area contributed by atoms with E-state index in [1.807, 2.05) is 12.1 Å². The van der Waals surface area contributed by atoms with Crippen molar-refractivity contribution in [3.63, 3.8) is 0 Å². The third kappa shape index (κ3) is 1.92. The van der Waals surface area contributed by atoms with Crippen molar-refractivity contribution in [2.75, 3.05) is 5.73 Å². The molecule has 0 aromatic carbocycles. The van der Waals surface area contributed by atoms with E-state index in [0.717, 1.165) is 11.1 Å². The molecular formula is C10H11N5. The lowest BCUT2D eigenvalue weighted by atomic mass is 10.2. The number of nitrogens with zero attached hydrogens (tertiary/aromatic N) is 3.